The van der Waals surface area contributed by atoms with Crippen LogP contribution in [0.15, 0.2) is 29.3 Å². The van der Waals surface area contributed by atoms with E-state index in [4.69, 9.17) is 4.74 Å². The SMILES string of the molecule is CN=C(NCCCN1CCCC1C(=O)N(C)C)NCc1cccc(OC)c1.I. The maximum Gasteiger partial charge on any atom is 0.239 e. The normalized spacial score (nSPS) is 17.0. The molecule has 7 nitrogen and oxygen atoms in total. The molecule has 0 radical (unpaired) electrons. The number of nitrogens with zero attached hydrogens (tertiary/aromatic N) is 3. The van der Waals surface area contributed by atoms with Gasteiger partial charge in [0.2, 0.25) is 5.91 Å². The zero-order valence-corrected chi connectivity index (χ0v) is 19.7. The van der Waals surface area contributed by atoms with Gasteiger partial charge in [-0.3, -0.25) is 14.7 Å². The van der Waals surface area contributed by atoms with Crippen LogP contribution in [0.4, 0.5) is 0 Å². The van der Waals surface area contributed by atoms with E-state index >= 15 is 0 Å². The number of amides is 1. The predicted octanol–water partition coefficient (Wildman–Crippen LogP) is 1.92. The molecule has 1 heterocycles. The van der Waals surface area contributed by atoms with Gasteiger partial charge in [-0.2, -0.15) is 0 Å². The Bertz CT molecular complexity index is 639. The second-order valence-corrected chi connectivity index (χ2v) is 6.98. The van der Waals surface area contributed by atoms with E-state index in [-0.39, 0.29) is 35.9 Å². The molecule has 1 amide bonds. The van der Waals surface area contributed by atoms with Gasteiger partial charge in [0.25, 0.3) is 0 Å². The number of ether oxygens (including phenoxy) is 1. The summed E-state index contributed by atoms with van der Waals surface area (Å²) in [5, 5.41) is 6.66. The lowest BCUT2D eigenvalue weighted by Gasteiger charge is -2.26. The standard InChI is InChI=1S/C20H33N5O2.HI/c1-21-20(23-15-16-8-5-9-17(14-16)27-4)22-11-7-13-25-12-6-10-18(25)19(26)24(2)3;/h5,8-9,14,18H,6-7,10-13,15H2,1-4H3,(H2,21,22,23);1H. The molecule has 1 aliphatic rings. The molecule has 1 aliphatic heterocycles. The van der Waals surface area contributed by atoms with Crippen molar-refractivity contribution >= 4 is 35.8 Å². The first-order valence-electron chi connectivity index (χ1n) is 9.57. The molecule has 1 atom stereocenters. The molecular weight excluding hydrogens is 469 g/mol. The van der Waals surface area contributed by atoms with Gasteiger partial charge in [-0.1, -0.05) is 12.1 Å². The van der Waals surface area contributed by atoms with E-state index in [9.17, 15) is 4.79 Å². The van der Waals surface area contributed by atoms with Gasteiger partial charge in [0.1, 0.15) is 5.75 Å². The number of nitrogens with one attached hydrogen (secondary N) is 2. The first-order valence-corrected chi connectivity index (χ1v) is 9.57. The van der Waals surface area contributed by atoms with Crippen LogP contribution in [0.1, 0.15) is 24.8 Å². The van der Waals surface area contributed by atoms with Crippen LogP contribution in [-0.2, 0) is 11.3 Å². The van der Waals surface area contributed by atoms with Crippen LogP contribution < -0.4 is 15.4 Å². The second-order valence-electron chi connectivity index (χ2n) is 6.98. The van der Waals surface area contributed by atoms with Crippen molar-refractivity contribution in [3.05, 3.63) is 29.8 Å². The molecule has 1 aromatic carbocycles. The molecule has 28 heavy (non-hydrogen) atoms. The van der Waals surface area contributed by atoms with Crippen molar-refractivity contribution in [3.63, 3.8) is 0 Å². The lowest BCUT2D eigenvalue weighted by Crippen LogP contribution is -2.44. The molecular formula is C20H34IN5O2. The summed E-state index contributed by atoms with van der Waals surface area (Å²) in [5.41, 5.74) is 1.14. The highest BCUT2D eigenvalue weighted by Gasteiger charge is 2.30. The zero-order valence-electron chi connectivity index (χ0n) is 17.4. The van der Waals surface area contributed by atoms with Gasteiger partial charge in [-0.05, 0) is 43.5 Å². The summed E-state index contributed by atoms with van der Waals surface area (Å²) in [6, 6.07) is 8.02. The third kappa shape index (κ3) is 7.46. The number of likely N-dealkylation sites (N-methyl/N-ethyl adjacent to an activating group) is 1. The quantitative estimate of drug-likeness (QED) is 0.246. The molecule has 2 rings (SSSR count). The Labute approximate surface area is 185 Å². The molecule has 0 spiro atoms. The smallest absolute Gasteiger partial charge is 0.239 e. The molecule has 158 valence electrons. The van der Waals surface area contributed by atoms with Gasteiger partial charge in [0.15, 0.2) is 5.96 Å². The topological polar surface area (TPSA) is 69.2 Å². The summed E-state index contributed by atoms with van der Waals surface area (Å²) in [5.74, 6) is 1.85. The fourth-order valence-corrected chi connectivity index (χ4v) is 3.35. The Morgan fingerprint density at radius 1 is 1.36 bits per heavy atom. The van der Waals surface area contributed by atoms with Crippen LogP contribution >= 0.6 is 24.0 Å². The summed E-state index contributed by atoms with van der Waals surface area (Å²) in [6.07, 6.45) is 3.03. The van der Waals surface area contributed by atoms with Crippen LogP contribution in [0.2, 0.25) is 0 Å². The number of methoxy groups -OCH3 is 1. The lowest BCUT2D eigenvalue weighted by atomic mass is 10.2. The molecule has 0 aromatic heterocycles. The number of likely N-dealkylation sites (tertiary alicyclic amines) is 1. The Morgan fingerprint density at radius 2 is 2.14 bits per heavy atom. The third-order valence-electron chi connectivity index (χ3n) is 4.82. The van der Waals surface area contributed by atoms with E-state index < -0.39 is 0 Å². The number of carbonyl (C=O) groups excluding carboxylic acids is 1. The van der Waals surface area contributed by atoms with Gasteiger partial charge in [0.05, 0.1) is 13.2 Å². The average molecular weight is 503 g/mol. The number of benzene rings is 1. The maximum absolute atomic E-state index is 12.2. The van der Waals surface area contributed by atoms with Gasteiger partial charge in [0, 0.05) is 40.8 Å². The first kappa shape index (κ1) is 24.5. The van der Waals surface area contributed by atoms with E-state index in [0.717, 1.165) is 56.2 Å². The van der Waals surface area contributed by atoms with Crippen molar-refractivity contribution in [2.24, 2.45) is 4.99 Å². The number of hydrogen-bond acceptors (Lipinski definition) is 4. The molecule has 1 unspecified atom stereocenters. The highest BCUT2D eigenvalue weighted by molar-refractivity contribution is 14.0. The Hall–Kier alpha value is -1.55. The largest absolute Gasteiger partial charge is 0.497 e. The summed E-state index contributed by atoms with van der Waals surface area (Å²) in [7, 11) is 7.11. The van der Waals surface area contributed by atoms with E-state index in [1.54, 1.807) is 19.1 Å². The van der Waals surface area contributed by atoms with Crippen LogP contribution in [-0.4, -0.2) is 75.6 Å². The molecule has 2 N–H and O–H groups in total. The van der Waals surface area contributed by atoms with Crippen molar-refractivity contribution in [3.8, 4) is 5.75 Å². The highest BCUT2D eigenvalue weighted by atomic mass is 127. The van der Waals surface area contributed by atoms with Crippen molar-refractivity contribution in [2.45, 2.75) is 31.8 Å². The average Bonchev–Trinajstić information content (AvgIpc) is 3.15. The molecule has 8 heteroatoms. The second kappa shape index (κ2) is 12.8. The van der Waals surface area contributed by atoms with Gasteiger partial charge >= 0.3 is 0 Å². The number of hydrogen-bond donors (Lipinski definition) is 2. The highest BCUT2D eigenvalue weighted by Crippen LogP contribution is 2.18. The number of halogens is 1. The fraction of sp³-hybridized carbons (Fsp3) is 0.600. The Balaban J connectivity index is 0.00000392. The Morgan fingerprint density at radius 3 is 2.82 bits per heavy atom. The molecule has 0 aliphatic carbocycles. The van der Waals surface area contributed by atoms with Crippen molar-refractivity contribution in [2.75, 3.05) is 47.9 Å². The van der Waals surface area contributed by atoms with E-state index in [1.807, 2.05) is 32.3 Å². The van der Waals surface area contributed by atoms with Crippen LogP contribution in [0.5, 0.6) is 5.75 Å². The third-order valence-corrected chi connectivity index (χ3v) is 4.82. The fourth-order valence-electron chi connectivity index (χ4n) is 3.35. The number of carbonyl (C=O) groups is 1. The minimum absolute atomic E-state index is 0. The predicted molar refractivity (Wildman–Crippen MR) is 125 cm³/mol. The lowest BCUT2D eigenvalue weighted by molar-refractivity contribution is -0.133. The Kier molecular flexibility index (Phi) is 11.2. The van der Waals surface area contributed by atoms with Crippen molar-refractivity contribution in [1.82, 2.24) is 20.4 Å². The van der Waals surface area contributed by atoms with Gasteiger partial charge < -0.3 is 20.3 Å². The van der Waals surface area contributed by atoms with E-state index in [2.05, 4.69) is 26.6 Å². The number of guanidine groups is 1. The minimum Gasteiger partial charge on any atom is -0.497 e. The molecule has 0 bridgehead atoms. The van der Waals surface area contributed by atoms with Gasteiger partial charge in [-0.25, -0.2) is 0 Å². The first-order chi connectivity index (χ1) is 13.0. The molecule has 1 fully saturated rings. The molecule has 1 aromatic rings. The number of aliphatic imine (C=N–C) groups is 1. The molecule has 1 saturated heterocycles. The summed E-state index contributed by atoms with van der Waals surface area (Å²) in [6.45, 7) is 3.43. The zero-order chi connectivity index (χ0) is 19.6. The van der Waals surface area contributed by atoms with Crippen LogP contribution in [0.25, 0.3) is 0 Å². The number of rotatable bonds is 8. The van der Waals surface area contributed by atoms with Crippen molar-refractivity contribution < 1.29 is 9.53 Å². The van der Waals surface area contributed by atoms with E-state index in [1.165, 1.54) is 0 Å². The van der Waals surface area contributed by atoms with Gasteiger partial charge in [-0.15, -0.1) is 24.0 Å². The van der Waals surface area contributed by atoms with Crippen molar-refractivity contribution in [1.29, 1.82) is 0 Å². The summed E-state index contributed by atoms with van der Waals surface area (Å²) in [4.78, 5) is 20.5. The summed E-state index contributed by atoms with van der Waals surface area (Å²) >= 11 is 0. The molecule has 0 saturated carbocycles. The van der Waals surface area contributed by atoms with Crippen LogP contribution in [0, 0.1) is 0 Å². The van der Waals surface area contributed by atoms with Crippen LogP contribution in [0.3, 0.4) is 0 Å². The monoisotopic (exact) mass is 503 g/mol. The minimum atomic E-state index is 0. The summed E-state index contributed by atoms with van der Waals surface area (Å²) < 4.78 is 5.25. The van der Waals surface area contributed by atoms with E-state index in [0.29, 0.717) is 6.54 Å². The maximum atomic E-state index is 12.2.